The lowest BCUT2D eigenvalue weighted by Crippen LogP contribution is -2.19. The second-order valence-corrected chi connectivity index (χ2v) is 5.74. The van der Waals surface area contributed by atoms with Gasteiger partial charge in [0.05, 0.1) is 5.69 Å². The van der Waals surface area contributed by atoms with E-state index >= 15 is 0 Å². The molecule has 2 rings (SSSR count). The Morgan fingerprint density at radius 1 is 1.25 bits per heavy atom. The number of aryl methyl sites for hydroxylation is 3. The molecule has 1 heterocycles. The third-order valence-electron chi connectivity index (χ3n) is 3.29. The molecule has 0 saturated heterocycles. The summed E-state index contributed by atoms with van der Waals surface area (Å²) in [5, 5.41) is 3.41. The fourth-order valence-corrected chi connectivity index (χ4v) is 2.25. The van der Waals surface area contributed by atoms with E-state index in [1.807, 2.05) is 0 Å². The van der Waals surface area contributed by atoms with Gasteiger partial charge in [0, 0.05) is 13.0 Å². The van der Waals surface area contributed by atoms with Crippen molar-refractivity contribution in [3.05, 3.63) is 53.2 Å². The van der Waals surface area contributed by atoms with Gasteiger partial charge in [0.25, 0.3) is 0 Å². The summed E-state index contributed by atoms with van der Waals surface area (Å²) in [6.07, 6.45) is 3.45. The van der Waals surface area contributed by atoms with Gasteiger partial charge in [0.1, 0.15) is 5.76 Å². The van der Waals surface area contributed by atoms with Crippen molar-refractivity contribution in [1.29, 1.82) is 0 Å². The molecule has 0 spiro atoms. The Balaban J connectivity index is 1.88. The van der Waals surface area contributed by atoms with Gasteiger partial charge < -0.3 is 9.73 Å². The summed E-state index contributed by atoms with van der Waals surface area (Å²) in [5.74, 6) is 1.65. The van der Waals surface area contributed by atoms with E-state index in [-0.39, 0.29) is 0 Å². The van der Waals surface area contributed by atoms with E-state index in [9.17, 15) is 0 Å². The van der Waals surface area contributed by atoms with Crippen LogP contribution in [0.25, 0.3) is 0 Å². The third kappa shape index (κ3) is 4.49. The molecular weight excluding hydrogens is 248 g/mol. The summed E-state index contributed by atoms with van der Waals surface area (Å²) in [5.41, 5.74) is 3.69. The number of benzene rings is 1. The first-order valence-corrected chi connectivity index (χ1v) is 7.32. The van der Waals surface area contributed by atoms with Gasteiger partial charge in [-0.1, -0.05) is 43.7 Å². The summed E-state index contributed by atoms with van der Waals surface area (Å²) in [6, 6.07) is 8.63. The minimum absolute atomic E-state index is 0.651. The van der Waals surface area contributed by atoms with Gasteiger partial charge >= 0.3 is 0 Å². The highest BCUT2D eigenvalue weighted by Gasteiger charge is 2.08. The van der Waals surface area contributed by atoms with E-state index < -0.39 is 0 Å². The molecule has 0 bridgehead atoms. The molecule has 3 heteroatoms. The van der Waals surface area contributed by atoms with Crippen molar-refractivity contribution < 1.29 is 4.42 Å². The molecule has 20 heavy (non-hydrogen) atoms. The Morgan fingerprint density at radius 3 is 2.85 bits per heavy atom. The van der Waals surface area contributed by atoms with Crippen molar-refractivity contribution in [2.24, 2.45) is 5.92 Å². The molecule has 3 nitrogen and oxygen atoms in total. The Morgan fingerprint density at radius 2 is 2.10 bits per heavy atom. The van der Waals surface area contributed by atoms with E-state index in [0.29, 0.717) is 5.92 Å². The second kappa shape index (κ2) is 7.25. The number of nitrogens with one attached hydrogen (secondary N) is 1. The van der Waals surface area contributed by atoms with Crippen LogP contribution in [0.2, 0.25) is 0 Å². The smallest absolute Gasteiger partial charge is 0.181 e. The molecule has 1 aromatic heterocycles. The van der Waals surface area contributed by atoms with E-state index in [1.54, 1.807) is 6.39 Å². The summed E-state index contributed by atoms with van der Waals surface area (Å²) >= 11 is 0. The highest BCUT2D eigenvalue weighted by molar-refractivity contribution is 5.23. The van der Waals surface area contributed by atoms with Crippen LogP contribution in [0.1, 0.15) is 36.4 Å². The number of oxazole rings is 1. The Kier molecular flexibility index (Phi) is 5.36. The van der Waals surface area contributed by atoms with Crippen molar-refractivity contribution in [3.8, 4) is 0 Å². The molecule has 0 amide bonds. The molecule has 1 N–H and O–H groups in total. The summed E-state index contributed by atoms with van der Waals surface area (Å²) in [7, 11) is 0. The summed E-state index contributed by atoms with van der Waals surface area (Å²) in [6.45, 7) is 8.32. The third-order valence-corrected chi connectivity index (χ3v) is 3.29. The largest absolute Gasteiger partial charge is 0.448 e. The van der Waals surface area contributed by atoms with Crippen molar-refractivity contribution >= 4 is 0 Å². The molecule has 2 aromatic rings. The van der Waals surface area contributed by atoms with Crippen LogP contribution in [0.3, 0.4) is 0 Å². The van der Waals surface area contributed by atoms with E-state index in [0.717, 1.165) is 37.4 Å². The average molecular weight is 272 g/mol. The normalized spacial score (nSPS) is 11.2. The van der Waals surface area contributed by atoms with Gasteiger partial charge in [-0.05, 0) is 31.4 Å². The topological polar surface area (TPSA) is 38.1 Å². The zero-order valence-electron chi connectivity index (χ0n) is 12.6. The lowest BCUT2D eigenvalue weighted by atomic mass is 10.1. The maximum Gasteiger partial charge on any atom is 0.181 e. The maximum atomic E-state index is 5.52. The molecule has 0 saturated carbocycles. The predicted octanol–water partition coefficient (Wildman–Crippen LogP) is 3.51. The number of aromatic nitrogens is 1. The van der Waals surface area contributed by atoms with Crippen molar-refractivity contribution in [3.63, 3.8) is 0 Å². The molecule has 0 aliphatic heterocycles. The highest BCUT2D eigenvalue weighted by Crippen LogP contribution is 2.12. The molecule has 0 radical (unpaired) electrons. The molecule has 0 atom stereocenters. The minimum Gasteiger partial charge on any atom is -0.448 e. The first kappa shape index (κ1) is 14.8. The van der Waals surface area contributed by atoms with Gasteiger partial charge in [-0.3, -0.25) is 0 Å². The van der Waals surface area contributed by atoms with Crippen LogP contribution < -0.4 is 5.32 Å². The lowest BCUT2D eigenvalue weighted by Gasteiger charge is -2.07. The number of rotatable bonds is 7. The fourth-order valence-electron chi connectivity index (χ4n) is 2.25. The van der Waals surface area contributed by atoms with Crippen LogP contribution in [0.4, 0.5) is 0 Å². The van der Waals surface area contributed by atoms with Crippen molar-refractivity contribution in [1.82, 2.24) is 10.3 Å². The first-order valence-electron chi connectivity index (χ1n) is 7.32. The molecular formula is C17H24N2O. The molecule has 0 unspecified atom stereocenters. The second-order valence-electron chi connectivity index (χ2n) is 5.74. The van der Waals surface area contributed by atoms with Crippen LogP contribution in [-0.2, 0) is 19.4 Å². The highest BCUT2D eigenvalue weighted by atomic mass is 16.3. The Hall–Kier alpha value is -1.61. The van der Waals surface area contributed by atoms with Crippen molar-refractivity contribution in [2.75, 3.05) is 6.54 Å². The zero-order chi connectivity index (χ0) is 14.4. The fraction of sp³-hybridized carbons (Fsp3) is 0.471. The average Bonchev–Trinajstić information content (AvgIpc) is 2.84. The Labute approximate surface area is 121 Å². The van der Waals surface area contributed by atoms with Crippen LogP contribution in [0.15, 0.2) is 35.1 Å². The maximum absolute atomic E-state index is 5.52. The van der Waals surface area contributed by atoms with E-state index in [1.165, 1.54) is 11.1 Å². The summed E-state index contributed by atoms with van der Waals surface area (Å²) < 4.78 is 5.52. The monoisotopic (exact) mass is 272 g/mol. The zero-order valence-corrected chi connectivity index (χ0v) is 12.6. The van der Waals surface area contributed by atoms with E-state index in [4.69, 9.17) is 4.42 Å². The predicted molar refractivity (Wildman–Crippen MR) is 81.6 cm³/mol. The summed E-state index contributed by atoms with van der Waals surface area (Å²) in [4.78, 5) is 4.31. The molecule has 0 aliphatic carbocycles. The number of nitrogens with zero attached hydrogens (tertiary/aromatic N) is 1. The molecule has 108 valence electrons. The van der Waals surface area contributed by atoms with Gasteiger partial charge in [0.15, 0.2) is 6.39 Å². The number of hydrogen-bond donors (Lipinski definition) is 1. The van der Waals surface area contributed by atoms with Gasteiger partial charge in [0.2, 0.25) is 0 Å². The van der Waals surface area contributed by atoms with Gasteiger partial charge in [-0.2, -0.15) is 0 Å². The van der Waals surface area contributed by atoms with E-state index in [2.05, 4.69) is 55.3 Å². The molecule has 1 aromatic carbocycles. The molecule has 0 fully saturated rings. The van der Waals surface area contributed by atoms with Crippen molar-refractivity contribution in [2.45, 2.75) is 40.2 Å². The minimum atomic E-state index is 0.651. The Bertz CT molecular complexity index is 531. The number of hydrogen-bond acceptors (Lipinski definition) is 3. The van der Waals surface area contributed by atoms with Crippen LogP contribution in [-0.4, -0.2) is 11.5 Å². The lowest BCUT2D eigenvalue weighted by molar-refractivity contribution is 0.493. The van der Waals surface area contributed by atoms with Crippen LogP contribution in [0, 0.1) is 12.8 Å². The quantitative estimate of drug-likeness (QED) is 0.838. The van der Waals surface area contributed by atoms with Crippen LogP contribution >= 0.6 is 0 Å². The SMILES string of the molecule is Cc1cccc(CCc2ocnc2CNCC(C)C)c1. The molecule has 0 aliphatic rings. The van der Waals surface area contributed by atoms with Gasteiger partial charge in [-0.15, -0.1) is 0 Å². The van der Waals surface area contributed by atoms with Gasteiger partial charge in [-0.25, -0.2) is 4.98 Å². The van der Waals surface area contributed by atoms with Crippen LogP contribution in [0.5, 0.6) is 0 Å². The standard InChI is InChI=1S/C17H24N2O/c1-13(2)10-18-11-16-17(20-12-19-16)8-7-15-6-4-5-14(3)9-15/h4-6,9,12-13,18H,7-8,10-11H2,1-3H3. The first-order chi connectivity index (χ1) is 9.65.